The molecule has 1 aromatic carbocycles. The number of benzene rings is 1. The smallest absolute Gasteiger partial charge is 0.142 e. The summed E-state index contributed by atoms with van der Waals surface area (Å²) in [5.41, 5.74) is 9.68. The molecule has 22 heavy (non-hydrogen) atoms. The first-order valence-corrected chi connectivity index (χ1v) is 7.06. The molecule has 0 saturated carbocycles. The van der Waals surface area contributed by atoms with E-state index in [0.29, 0.717) is 16.3 Å². The summed E-state index contributed by atoms with van der Waals surface area (Å²) in [4.78, 5) is 4.35. The van der Waals surface area contributed by atoms with Crippen molar-refractivity contribution in [2.45, 2.75) is 0 Å². The molecule has 4 nitrogen and oxygen atoms in total. The minimum Gasteiger partial charge on any atom is -0.383 e. The molecule has 108 valence electrons. The van der Waals surface area contributed by atoms with Crippen molar-refractivity contribution in [2.75, 3.05) is 5.73 Å². The van der Waals surface area contributed by atoms with Crippen molar-refractivity contribution in [3.8, 4) is 28.6 Å². The number of nitrogen functional groups attached to an aromatic ring is 1. The average molecular weight is 309 g/mol. The molecule has 0 fully saturated rings. The molecular formula is C17H13ClN4. The van der Waals surface area contributed by atoms with E-state index in [1.54, 1.807) is 12.1 Å². The first-order chi connectivity index (χ1) is 10.6. The van der Waals surface area contributed by atoms with Crippen LogP contribution in [0.25, 0.3) is 22.5 Å². The first-order valence-electron chi connectivity index (χ1n) is 6.68. The third-order valence-corrected chi connectivity index (χ3v) is 3.77. The van der Waals surface area contributed by atoms with Crippen LogP contribution < -0.4 is 5.73 Å². The molecule has 0 aliphatic rings. The Balaban J connectivity index is 2.23. The van der Waals surface area contributed by atoms with Crippen molar-refractivity contribution in [1.82, 2.24) is 9.55 Å². The van der Waals surface area contributed by atoms with Crippen molar-refractivity contribution in [3.63, 3.8) is 0 Å². The summed E-state index contributed by atoms with van der Waals surface area (Å²) < 4.78 is 1.95. The molecule has 0 aliphatic carbocycles. The number of nitriles is 1. The van der Waals surface area contributed by atoms with E-state index in [-0.39, 0.29) is 5.82 Å². The summed E-state index contributed by atoms with van der Waals surface area (Å²) >= 11 is 5.92. The van der Waals surface area contributed by atoms with Gasteiger partial charge in [0.2, 0.25) is 0 Å². The van der Waals surface area contributed by atoms with Crippen LogP contribution in [0.3, 0.4) is 0 Å². The van der Waals surface area contributed by atoms with Crippen LogP contribution in [0.1, 0.15) is 5.56 Å². The van der Waals surface area contributed by atoms with Crippen LogP contribution in [0.5, 0.6) is 0 Å². The number of rotatable bonds is 2. The van der Waals surface area contributed by atoms with Crippen molar-refractivity contribution in [1.29, 1.82) is 5.26 Å². The zero-order valence-corrected chi connectivity index (χ0v) is 12.7. The minimum absolute atomic E-state index is 0.228. The zero-order chi connectivity index (χ0) is 15.7. The molecule has 0 bridgehead atoms. The van der Waals surface area contributed by atoms with Gasteiger partial charge in [-0.1, -0.05) is 23.7 Å². The third-order valence-electron chi connectivity index (χ3n) is 3.52. The molecule has 0 saturated heterocycles. The van der Waals surface area contributed by atoms with Crippen molar-refractivity contribution in [3.05, 3.63) is 59.2 Å². The molecule has 2 N–H and O–H groups in total. The molecule has 0 radical (unpaired) electrons. The van der Waals surface area contributed by atoms with Crippen LogP contribution >= 0.6 is 11.6 Å². The molecule has 5 heteroatoms. The summed E-state index contributed by atoms with van der Waals surface area (Å²) in [6.07, 6.45) is 1.93. The molecule has 0 amide bonds. The summed E-state index contributed by atoms with van der Waals surface area (Å²) in [5.74, 6) is 0.228. The summed E-state index contributed by atoms with van der Waals surface area (Å²) in [7, 11) is 1.93. The van der Waals surface area contributed by atoms with E-state index >= 15 is 0 Å². The lowest BCUT2D eigenvalue weighted by molar-refractivity contribution is 0.936. The lowest BCUT2D eigenvalue weighted by Crippen LogP contribution is -2.01. The maximum Gasteiger partial charge on any atom is 0.142 e. The van der Waals surface area contributed by atoms with Gasteiger partial charge < -0.3 is 10.3 Å². The first kappa shape index (κ1) is 14.2. The SMILES string of the molecule is Cn1cccc1-c1cc(-c2ccc(Cl)cc2)nc(N)c1C#N. The molecule has 0 aliphatic heterocycles. The highest BCUT2D eigenvalue weighted by atomic mass is 35.5. The van der Waals surface area contributed by atoms with Gasteiger partial charge in [-0.3, -0.25) is 0 Å². The maximum atomic E-state index is 9.39. The Hall–Kier alpha value is -2.77. The zero-order valence-electron chi connectivity index (χ0n) is 11.9. The van der Waals surface area contributed by atoms with Gasteiger partial charge >= 0.3 is 0 Å². The number of aromatic nitrogens is 2. The van der Waals surface area contributed by atoms with Gasteiger partial charge in [0.15, 0.2) is 0 Å². The topological polar surface area (TPSA) is 67.6 Å². The summed E-state index contributed by atoms with van der Waals surface area (Å²) in [6, 6.07) is 15.3. The number of hydrogen-bond donors (Lipinski definition) is 1. The van der Waals surface area contributed by atoms with Crippen molar-refractivity contribution < 1.29 is 0 Å². The Morgan fingerprint density at radius 3 is 2.55 bits per heavy atom. The Kier molecular flexibility index (Phi) is 3.58. The fourth-order valence-electron chi connectivity index (χ4n) is 2.39. The molecule has 0 spiro atoms. The van der Waals surface area contributed by atoms with Gasteiger partial charge in [0.05, 0.1) is 5.69 Å². The number of halogens is 1. The second kappa shape index (κ2) is 5.55. The molecule has 3 rings (SSSR count). The normalized spacial score (nSPS) is 10.4. The van der Waals surface area contributed by atoms with Gasteiger partial charge in [-0.25, -0.2) is 4.98 Å². The second-order valence-electron chi connectivity index (χ2n) is 4.94. The summed E-state index contributed by atoms with van der Waals surface area (Å²) in [5, 5.41) is 10.1. The van der Waals surface area contributed by atoms with E-state index in [2.05, 4.69) is 11.1 Å². The highest BCUT2D eigenvalue weighted by Crippen LogP contribution is 2.31. The van der Waals surface area contributed by atoms with E-state index in [1.807, 2.05) is 48.1 Å². The summed E-state index contributed by atoms with van der Waals surface area (Å²) in [6.45, 7) is 0. The van der Waals surface area contributed by atoms with Gasteiger partial charge in [-0.15, -0.1) is 0 Å². The Morgan fingerprint density at radius 1 is 1.23 bits per heavy atom. The number of nitrogens with two attached hydrogens (primary N) is 1. The predicted molar refractivity (Wildman–Crippen MR) is 88.2 cm³/mol. The number of hydrogen-bond acceptors (Lipinski definition) is 3. The van der Waals surface area contributed by atoms with Crippen LogP contribution in [-0.2, 0) is 7.05 Å². The quantitative estimate of drug-likeness (QED) is 0.781. The fourth-order valence-corrected chi connectivity index (χ4v) is 2.52. The highest BCUT2D eigenvalue weighted by Gasteiger charge is 2.15. The molecule has 2 heterocycles. The maximum absolute atomic E-state index is 9.39. The van der Waals surface area contributed by atoms with Crippen LogP contribution in [0, 0.1) is 11.3 Å². The molecule has 2 aromatic heterocycles. The van der Waals surface area contributed by atoms with Crippen LogP contribution in [-0.4, -0.2) is 9.55 Å². The van der Waals surface area contributed by atoms with E-state index < -0.39 is 0 Å². The third kappa shape index (κ3) is 2.43. The highest BCUT2D eigenvalue weighted by molar-refractivity contribution is 6.30. The van der Waals surface area contributed by atoms with Crippen LogP contribution in [0.2, 0.25) is 5.02 Å². The van der Waals surface area contributed by atoms with E-state index in [4.69, 9.17) is 17.3 Å². The Labute approximate surface area is 133 Å². The largest absolute Gasteiger partial charge is 0.383 e. The van der Waals surface area contributed by atoms with Crippen LogP contribution in [0.15, 0.2) is 48.7 Å². The van der Waals surface area contributed by atoms with Gasteiger partial charge in [-0.2, -0.15) is 5.26 Å². The fraction of sp³-hybridized carbons (Fsp3) is 0.0588. The second-order valence-corrected chi connectivity index (χ2v) is 5.37. The minimum atomic E-state index is 0.228. The van der Waals surface area contributed by atoms with Crippen molar-refractivity contribution in [2.24, 2.45) is 7.05 Å². The Bertz CT molecular complexity index is 873. The predicted octanol–water partition coefficient (Wildman–Crippen LogP) is 3.86. The molecule has 3 aromatic rings. The van der Waals surface area contributed by atoms with Gasteiger partial charge in [0.25, 0.3) is 0 Å². The Morgan fingerprint density at radius 2 is 1.95 bits per heavy atom. The molecule has 0 atom stereocenters. The number of aryl methyl sites for hydroxylation is 1. The number of nitrogens with zero attached hydrogens (tertiary/aromatic N) is 3. The molecule has 0 unspecified atom stereocenters. The van der Waals surface area contributed by atoms with Gasteiger partial charge in [0, 0.05) is 35.1 Å². The lowest BCUT2D eigenvalue weighted by Gasteiger charge is -2.11. The van der Waals surface area contributed by atoms with Crippen LogP contribution in [0.4, 0.5) is 5.82 Å². The van der Waals surface area contributed by atoms with E-state index in [0.717, 1.165) is 16.8 Å². The molecular weight excluding hydrogens is 296 g/mol. The monoisotopic (exact) mass is 308 g/mol. The standard InChI is InChI=1S/C17H13ClN4/c1-22-8-2-3-16(22)13-9-15(21-17(20)14(13)10-19)11-4-6-12(18)7-5-11/h2-9H,1H3,(H2,20,21). The van der Waals surface area contributed by atoms with Gasteiger partial charge in [0.1, 0.15) is 17.5 Å². The van der Waals surface area contributed by atoms with E-state index in [9.17, 15) is 5.26 Å². The average Bonchev–Trinajstić information content (AvgIpc) is 2.93. The lowest BCUT2D eigenvalue weighted by atomic mass is 10.0. The van der Waals surface area contributed by atoms with E-state index in [1.165, 1.54) is 0 Å². The number of anilines is 1. The van der Waals surface area contributed by atoms with Crippen molar-refractivity contribution >= 4 is 17.4 Å². The van der Waals surface area contributed by atoms with Gasteiger partial charge in [-0.05, 0) is 30.3 Å². The number of pyridine rings is 1.